The van der Waals surface area contributed by atoms with Crippen LogP contribution in [0.4, 0.5) is 0 Å². The zero-order chi connectivity index (χ0) is 20.6. The molecule has 152 valence electrons. The van der Waals surface area contributed by atoms with Crippen LogP contribution in [0.5, 0.6) is 0 Å². The number of hydrogen-bond acceptors (Lipinski definition) is 6. The number of fused-ring (bicyclic) bond motifs is 1. The maximum Gasteiger partial charge on any atom is 0.303 e. The summed E-state index contributed by atoms with van der Waals surface area (Å²) >= 11 is 1.53. The van der Waals surface area contributed by atoms with Crippen molar-refractivity contribution in [2.75, 3.05) is 11.5 Å². The van der Waals surface area contributed by atoms with Gasteiger partial charge in [0, 0.05) is 18.2 Å². The average Bonchev–Trinajstić information content (AvgIpc) is 3.36. The van der Waals surface area contributed by atoms with Gasteiger partial charge in [-0.25, -0.2) is 13.4 Å². The first-order valence-electron chi connectivity index (χ1n) is 9.28. The number of nitrogens with zero attached hydrogens (tertiary/aromatic N) is 3. The summed E-state index contributed by atoms with van der Waals surface area (Å²) in [6.45, 7) is 1.90. The number of hydrogen-bond donors (Lipinski definition) is 1. The van der Waals surface area contributed by atoms with Crippen molar-refractivity contribution in [1.29, 1.82) is 0 Å². The van der Waals surface area contributed by atoms with Crippen LogP contribution in [0.1, 0.15) is 36.8 Å². The Morgan fingerprint density at radius 1 is 1.34 bits per heavy atom. The number of thiazole rings is 1. The van der Waals surface area contributed by atoms with Gasteiger partial charge in [-0.2, -0.15) is 5.10 Å². The van der Waals surface area contributed by atoms with E-state index in [4.69, 9.17) is 5.11 Å². The van der Waals surface area contributed by atoms with Crippen molar-refractivity contribution >= 4 is 49.0 Å². The van der Waals surface area contributed by atoms with E-state index in [2.05, 4.69) is 10.1 Å². The first-order chi connectivity index (χ1) is 13.7. The van der Waals surface area contributed by atoms with Crippen molar-refractivity contribution in [2.24, 2.45) is 0 Å². The molecule has 1 N–H and O–H groups in total. The molecule has 0 aliphatic carbocycles. The average molecular weight is 432 g/mol. The van der Waals surface area contributed by atoms with Gasteiger partial charge < -0.3 is 5.11 Å². The lowest BCUT2D eigenvalue weighted by molar-refractivity contribution is -0.136. The lowest BCUT2D eigenvalue weighted by atomic mass is 10.0. The van der Waals surface area contributed by atoms with Crippen molar-refractivity contribution in [2.45, 2.75) is 31.7 Å². The number of benzene rings is 1. The number of carboxylic acids is 1. The largest absolute Gasteiger partial charge is 0.481 e. The van der Waals surface area contributed by atoms with E-state index in [9.17, 15) is 13.2 Å². The fourth-order valence-electron chi connectivity index (χ4n) is 3.57. The number of sulfone groups is 1. The molecule has 2 aromatic heterocycles. The number of carboxylic acid groups (broad SMARTS) is 1. The van der Waals surface area contributed by atoms with Gasteiger partial charge in [-0.1, -0.05) is 12.1 Å². The molecule has 7 nitrogen and oxygen atoms in total. The Morgan fingerprint density at radius 3 is 2.83 bits per heavy atom. The number of para-hydroxylation sites is 1. The van der Waals surface area contributed by atoms with Gasteiger partial charge in [0.2, 0.25) is 0 Å². The van der Waals surface area contributed by atoms with Crippen molar-refractivity contribution in [3.8, 4) is 0 Å². The van der Waals surface area contributed by atoms with Crippen molar-refractivity contribution in [3.63, 3.8) is 0 Å². The van der Waals surface area contributed by atoms with Crippen LogP contribution in [0.2, 0.25) is 0 Å². The molecule has 0 bridgehead atoms. The third-order valence-electron chi connectivity index (χ3n) is 5.16. The third-order valence-corrected chi connectivity index (χ3v) is 8.16. The summed E-state index contributed by atoms with van der Waals surface area (Å²) < 4.78 is 26.6. The summed E-state index contributed by atoms with van der Waals surface area (Å²) in [5.74, 6) is -0.616. The van der Waals surface area contributed by atoms with Gasteiger partial charge in [0.1, 0.15) is 5.01 Å². The van der Waals surface area contributed by atoms with E-state index in [1.165, 1.54) is 11.3 Å². The van der Waals surface area contributed by atoms with Crippen LogP contribution in [0.25, 0.3) is 21.9 Å². The highest BCUT2D eigenvalue weighted by molar-refractivity contribution is 7.91. The quantitative estimate of drug-likeness (QED) is 0.641. The van der Waals surface area contributed by atoms with Crippen LogP contribution >= 0.6 is 11.3 Å². The standard InChI is InChI=1S/C20H21N3O4S2/c1-20(8-9-29(26,27)13-20)23-12-14(11-21-23)10-15(6-7-18(24)25)19-22-16-4-2-3-5-17(16)28-19/h2-5,10-12H,6-9,13H2,1H3,(H,24,25)/b15-10-. The zero-order valence-electron chi connectivity index (χ0n) is 15.9. The van der Waals surface area contributed by atoms with Crippen molar-refractivity contribution in [1.82, 2.24) is 14.8 Å². The molecule has 1 saturated heterocycles. The Hall–Kier alpha value is -2.52. The van der Waals surface area contributed by atoms with E-state index in [1.54, 1.807) is 10.9 Å². The summed E-state index contributed by atoms with van der Waals surface area (Å²) in [7, 11) is -3.04. The Balaban J connectivity index is 1.68. The molecule has 4 rings (SSSR count). The molecular formula is C20H21N3O4S2. The van der Waals surface area contributed by atoms with Gasteiger partial charge in [0.05, 0.1) is 33.5 Å². The van der Waals surface area contributed by atoms with E-state index in [1.807, 2.05) is 43.5 Å². The molecule has 1 fully saturated rings. The highest BCUT2D eigenvalue weighted by Crippen LogP contribution is 2.33. The van der Waals surface area contributed by atoms with E-state index < -0.39 is 21.3 Å². The second-order valence-electron chi connectivity index (χ2n) is 7.61. The van der Waals surface area contributed by atoms with E-state index >= 15 is 0 Å². The van der Waals surface area contributed by atoms with Gasteiger partial charge in [-0.3, -0.25) is 9.48 Å². The van der Waals surface area contributed by atoms with Crippen LogP contribution in [-0.2, 0) is 20.2 Å². The molecular weight excluding hydrogens is 410 g/mol. The lowest BCUT2D eigenvalue weighted by Crippen LogP contribution is -2.31. The van der Waals surface area contributed by atoms with Crippen LogP contribution < -0.4 is 0 Å². The Bertz CT molecular complexity index is 1180. The molecule has 3 heterocycles. The number of allylic oxidation sites excluding steroid dienone is 1. The van der Waals surface area contributed by atoms with Crippen LogP contribution in [0, 0.1) is 0 Å². The minimum Gasteiger partial charge on any atom is -0.481 e. The van der Waals surface area contributed by atoms with Gasteiger partial charge >= 0.3 is 5.97 Å². The minimum absolute atomic E-state index is 0.00581. The topological polar surface area (TPSA) is 102 Å². The second-order valence-corrected chi connectivity index (χ2v) is 10.8. The molecule has 1 aliphatic heterocycles. The smallest absolute Gasteiger partial charge is 0.303 e. The molecule has 1 aliphatic rings. The molecule has 1 atom stereocenters. The first kappa shape index (κ1) is 19.8. The maximum atomic E-state index is 11.9. The monoisotopic (exact) mass is 431 g/mol. The number of aromatic nitrogens is 3. The maximum absolute atomic E-state index is 11.9. The normalized spacial score (nSPS) is 21.6. The molecule has 1 aromatic carbocycles. The molecule has 1 unspecified atom stereocenters. The van der Waals surface area contributed by atoms with Crippen LogP contribution in [-0.4, -0.2) is 45.8 Å². The summed E-state index contributed by atoms with van der Waals surface area (Å²) in [6.07, 6.45) is 6.30. The van der Waals surface area contributed by atoms with Crippen molar-refractivity contribution in [3.05, 3.63) is 47.2 Å². The predicted octanol–water partition coefficient (Wildman–Crippen LogP) is 3.43. The number of rotatable bonds is 6. The number of carbonyl (C=O) groups is 1. The Morgan fingerprint density at radius 2 is 2.14 bits per heavy atom. The highest BCUT2D eigenvalue weighted by atomic mass is 32.2. The first-order valence-corrected chi connectivity index (χ1v) is 11.9. The molecule has 3 aromatic rings. The minimum atomic E-state index is -3.04. The van der Waals surface area contributed by atoms with Crippen molar-refractivity contribution < 1.29 is 18.3 Å². The molecule has 0 saturated carbocycles. The Kier molecular flexibility index (Phi) is 5.04. The molecule has 0 amide bonds. The van der Waals surface area contributed by atoms with E-state index in [0.717, 1.165) is 26.4 Å². The van der Waals surface area contributed by atoms with E-state index in [-0.39, 0.29) is 17.9 Å². The van der Waals surface area contributed by atoms with Crippen LogP contribution in [0.15, 0.2) is 36.7 Å². The summed E-state index contributed by atoms with van der Waals surface area (Å²) in [6, 6.07) is 7.80. The SMILES string of the molecule is CC1(n2cc(/C=C(/CCC(=O)O)c3nc4ccccc4s3)cn2)CCS(=O)(=O)C1. The van der Waals surface area contributed by atoms with Gasteiger partial charge in [-0.05, 0) is 43.5 Å². The fraction of sp³-hybridized carbons (Fsp3) is 0.350. The highest BCUT2D eigenvalue weighted by Gasteiger charge is 2.40. The van der Waals surface area contributed by atoms with E-state index in [0.29, 0.717) is 12.8 Å². The summed E-state index contributed by atoms with van der Waals surface area (Å²) in [5.41, 5.74) is 1.96. The molecule has 0 radical (unpaired) electrons. The lowest BCUT2D eigenvalue weighted by Gasteiger charge is -2.22. The molecule has 0 spiro atoms. The Labute approximate surface area is 172 Å². The van der Waals surface area contributed by atoms with Crippen LogP contribution in [0.3, 0.4) is 0 Å². The van der Waals surface area contributed by atoms with Gasteiger partial charge in [0.15, 0.2) is 9.84 Å². The zero-order valence-corrected chi connectivity index (χ0v) is 17.5. The predicted molar refractivity (Wildman–Crippen MR) is 114 cm³/mol. The summed E-state index contributed by atoms with van der Waals surface area (Å²) in [5, 5.41) is 14.3. The van der Waals surface area contributed by atoms with Gasteiger partial charge in [0.25, 0.3) is 0 Å². The summed E-state index contributed by atoms with van der Waals surface area (Å²) in [4.78, 5) is 15.8. The second kappa shape index (κ2) is 7.38. The number of aliphatic carboxylic acids is 1. The van der Waals surface area contributed by atoms with Gasteiger partial charge in [-0.15, -0.1) is 11.3 Å². The molecule has 29 heavy (non-hydrogen) atoms. The third kappa shape index (κ3) is 4.25. The fourth-order valence-corrected chi connectivity index (χ4v) is 6.70. The molecule has 9 heteroatoms.